The molecule has 9 heteroatoms. The van der Waals surface area contributed by atoms with Crippen LogP contribution in [-0.4, -0.2) is 75.9 Å². The van der Waals surface area contributed by atoms with Gasteiger partial charge in [0.05, 0.1) is 29.2 Å². The number of hydrogen-bond donors (Lipinski definition) is 1. The predicted octanol–water partition coefficient (Wildman–Crippen LogP) is 5.52. The third kappa shape index (κ3) is 12.0. The summed E-state index contributed by atoms with van der Waals surface area (Å²) in [4.78, 5) is 24.6. The maximum Gasteiger partial charge on any atom is 2.00 e. The van der Waals surface area contributed by atoms with Crippen molar-refractivity contribution in [1.29, 1.82) is 0 Å². The standard InChI is InChI=1S/C24H38O7S.Ca.2H/c1-5-9-11-18(7-3)16-30-23(25)20-13-21(15-22(14-20)32(27,28)29)24(26)31-17-19(8-4)12-10-6-2;;;/h13-15,18-19H,5-12,16-17H2,1-4H3,(H,27,28,29);;;/q;+2;2*-1. The van der Waals surface area contributed by atoms with Crippen LogP contribution in [0.4, 0.5) is 0 Å². The molecule has 1 N–H and O–H groups in total. The predicted molar refractivity (Wildman–Crippen MR) is 131 cm³/mol. The molecule has 1 rings (SSSR count). The summed E-state index contributed by atoms with van der Waals surface area (Å²) in [7, 11) is -4.63. The van der Waals surface area contributed by atoms with Gasteiger partial charge in [-0.05, 0) is 42.9 Å². The van der Waals surface area contributed by atoms with E-state index in [0.717, 1.165) is 63.5 Å². The third-order valence-corrected chi connectivity index (χ3v) is 6.49. The van der Waals surface area contributed by atoms with Gasteiger partial charge in [-0.3, -0.25) is 4.55 Å². The number of hydrogen-bond acceptors (Lipinski definition) is 6. The Morgan fingerprint density at radius 2 is 1.24 bits per heavy atom. The molecular weight excluding hydrogens is 472 g/mol. The summed E-state index contributed by atoms with van der Waals surface area (Å²) >= 11 is 0. The molecule has 0 saturated heterocycles. The summed E-state index contributed by atoms with van der Waals surface area (Å²) in [6.07, 6.45) is 7.72. The van der Waals surface area contributed by atoms with Gasteiger partial charge in [0, 0.05) is 0 Å². The summed E-state index contributed by atoms with van der Waals surface area (Å²) in [6.45, 7) is 8.64. The molecule has 0 spiro atoms. The molecule has 0 aliphatic carbocycles. The topological polar surface area (TPSA) is 107 Å². The molecule has 0 aliphatic heterocycles. The van der Waals surface area contributed by atoms with Crippen LogP contribution in [0, 0.1) is 11.8 Å². The van der Waals surface area contributed by atoms with Gasteiger partial charge in [0.1, 0.15) is 0 Å². The fraction of sp³-hybridized carbons (Fsp3) is 0.667. The average Bonchev–Trinajstić information content (AvgIpc) is 2.78. The molecule has 0 fully saturated rings. The maximum absolute atomic E-state index is 12.6. The van der Waals surface area contributed by atoms with Crippen LogP contribution in [0.25, 0.3) is 0 Å². The van der Waals surface area contributed by atoms with Crippen molar-refractivity contribution in [2.75, 3.05) is 13.2 Å². The number of ether oxygens (including phenoxy) is 2. The van der Waals surface area contributed by atoms with E-state index in [1.54, 1.807) is 0 Å². The third-order valence-electron chi connectivity index (χ3n) is 5.66. The van der Waals surface area contributed by atoms with Crippen molar-refractivity contribution in [3.8, 4) is 0 Å². The summed E-state index contributed by atoms with van der Waals surface area (Å²) < 4.78 is 43.6. The quantitative estimate of drug-likeness (QED) is 0.187. The summed E-state index contributed by atoms with van der Waals surface area (Å²) in [5.74, 6) is -1.06. The number of esters is 2. The van der Waals surface area contributed by atoms with Crippen molar-refractivity contribution in [1.82, 2.24) is 0 Å². The first-order valence-electron chi connectivity index (χ1n) is 11.6. The van der Waals surface area contributed by atoms with Crippen LogP contribution in [-0.2, 0) is 19.6 Å². The second-order valence-electron chi connectivity index (χ2n) is 8.25. The van der Waals surface area contributed by atoms with Crippen LogP contribution in [0.15, 0.2) is 23.1 Å². The van der Waals surface area contributed by atoms with E-state index >= 15 is 0 Å². The normalized spacial score (nSPS) is 13.0. The van der Waals surface area contributed by atoms with E-state index in [-0.39, 0.29) is 76.8 Å². The fourth-order valence-corrected chi connectivity index (χ4v) is 3.89. The monoisotopic (exact) mass is 512 g/mol. The Bertz CT molecular complexity index is 800. The molecule has 0 amide bonds. The van der Waals surface area contributed by atoms with Gasteiger partial charge >= 0.3 is 49.7 Å². The largest absolute Gasteiger partial charge is 2.00 e. The van der Waals surface area contributed by atoms with E-state index in [1.807, 2.05) is 13.8 Å². The van der Waals surface area contributed by atoms with Crippen LogP contribution in [0.1, 0.15) is 103 Å². The molecule has 1 aromatic carbocycles. The summed E-state index contributed by atoms with van der Waals surface area (Å²) in [5.41, 5.74) is -0.231. The number of carbonyl (C=O) groups is 2. The minimum absolute atomic E-state index is 0. The first kappa shape index (κ1) is 32.3. The number of benzene rings is 1. The minimum Gasteiger partial charge on any atom is -1.00 e. The Hall–Kier alpha value is -0.670. The summed E-state index contributed by atoms with van der Waals surface area (Å²) in [5, 5.41) is 0. The van der Waals surface area contributed by atoms with Crippen LogP contribution < -0.4 is 0 Å². The van der Waals surface area contributed by atoms with Crippen molar-refractivity contribution < 1.29 is 34.9 Å². The number of carbonyl (C=O) groups excluding carboxylic acids is 2. The molecule has 0 radical (unpaired) electrons. The fourth-order valence-electron chi connectivity index (χ4n) is 3.33. The van der Waals surface area contributed by atoms with Gasteiger partial charge in [-0.25, -0.2) is 9.59 Å². The van der Waals surface area contributed by atoms with E-state index in [9.17, 15) is 22.6 Å². The maximum atomic E-state index is 12.6. The average molecular weight is 513 g/mol. The van der Waals surface area contributed by atoms with Gasteiger partial charge in [-0.1, -0.05) is 66.2 Å². The van der Waals surface area contributed by atoms with Crippen molar-refractivity contribution >= 4 is 59.8 Å². The first-order valence-corrected chi connectivity index (χ1v) is 13.1. The van der Waals surface area contributed by atoms with Crippen molar-refractivity contribution in [3.63, 3.8) is 0 Å². The number of unbranched alkanes of at least 4 members (excludes halogenated alkanes) is 2. The molecule has 2 unspecified atom stereocenters. The van der Waals surface area contributed by atoms with Crippen molar-refractivity contribution in [3.05, 3.63) is 29.3 Å². The van der Waals surface area contributed by atoms with Gasteiger partial charge in [0.15, 0.2) is 0 Å². The molecule has 0 aliphatic rings. The Labute approximate surface area is 231 Å². The van der Waals surface area contributed by atoms with Gasteiger partial charge in [0.25, 0.3) is 10.1 Å². The molecule has 2 atom stereocenters. The molecular formula is C24H40CaO7S. The molecule has 186 valence electrons. The van der Waals surface area contributed by atoms with Gasteiger partial charge in [0.2, 0.25) is 0 Å². The molecule has 33 heavy (non-hydrogen) atoms. The second kappa shape index (κ2) is 16.9. The van der Waals surface area contributed by atoms with Crippen molar-refractivity contribution in [2.24, 2.45) is 11.8 Å². The van der Waals surface area contributed by atoms with E-state index < -0.39 is 27.0 Å². The summed E-state index contributed by atoms with van der Waals surface area (Å²) in [6, 6.07) is 3.27. The smallest absolute Gasteiger partial charge is 1.00 e. The second-order valence-corrected chi connectivity index (χ2v) is 9.67. The molecule has 0 aromatic heterocycles. The van der Waals surface area contributed by atoms with E-state index in [4.69, 9.17) is 9.47 Å². The van der Waals surface area contributed by atoms with Gasteiger partial charge < -0.3 is 12.3 Å². The zero-order valence-corrected chi connectivity index (χ0v) is 23.5. The van der Waals surface area contributed by atoms with Crippen molar-refractivity contribution in [2.45, 2.75) is 84.0 Å². The number of rotatable bonds is 15. The first-order chi connectivity index (χ1) is 15.2. The molecule has 1 aromatic rings. The van der Waals surface area contributed by atoms with E-state index in [0.29, 0.717) is 0 Å². The SMILES string of the molecule is CCCCC(CC)COC(=O)c1cc(C(=O)OCC(CC)CCCC)cc(S(=O)(=O)O)c1.[Ca+2].[H-].[H-]. The van der Waals surface area contributed by atoms with E-state index in [2.05, 4.69) is 13.8 Å². The molecule has 0 heterocycles. The molecule has 0 bridgehead atoms. The Kier molecular flexibility index (Phi) is 16.5. The minimum atomic E-state index is -4.63. The zero-order chi connectivity index (χ0) is 24.1. The molecule has 7 nitrogen and oxygen atoms in total. The van der Waals surface area contributed by atoms with Gasteiger partial charge in [-0.15, -0.1) is 0 Å². The van der Waals surface area contributed by atoms with Gasteiger partial charge in [-0.2, -0.15) is 8.42 Å². The molecule has 0 saturated carbocycles. The van der Waals surface area contributed by atoms with Crippen LogP contribution in [0.5, 0.6) is 0 Å². The Morgan fingerprint density at radius 3 is 1.55 bits per heavy atom. The Balaban J connectivity index is -0.00000341. The zero-order valence-electron chi connectivity index (χ0n) is 22.5. The Morgan fingerprint density at radius 1 is 0.848 bits per heavy atom. The van der Waals surface area contributed by atoms with Crippen LogP contribution in [0.2, 0.25) is 0 Å². The van der Waals surface area contributed by atoms with Crippen LogP contribution in [0.3, 0.4) is 0 Å². The van der Waals surface area contributed by atoms with E-state index in [1.165, 1.54) is 6.07 Å². The van der Waals surface area contributed by atoms with Crippen LogP contribution >= 0.6 is 0 Å².